The number of hydrogen-bond donors (Lipinski definition) is 3. The maximum atomic E-state index is 13.3. The van der Waals surface area contributed by atoms with Gasteiger partial charge in [0.1, 0.15) is 6.10 Å². The molecule has 3 unspecified atom stereocenters. The van der Waals surface area contributed by atoms with Gasteiger partial charge >= 0.3 is 5.97 Å². The maximum Gasteiger partial charge on any atom is 0.306 e. The third kappa shape index (κ3) is 49.8. The highest BCUT2D eigenvalue weighted by Gasteiger charge is 2.24. The molecule has 0 aromatic heterocycles. The summed E-state index contributed by atoms with van der Waals surface area (Å²) in [6.45, 7) is 6.39. The summed E-state index contributed by atoms with van der Waals surface area (Å²) in [5.74, 6) is -0.561. The first-order valence-electron chi connectivity index (χ1n) is 29.0. The molecule has 0 rings (SSSR count). The SMILES string of the molecule is CC/C=C/C/C=C/C/C=C/C/C=C/C/C=C/CCC(=O)OC(CCCCCCCCCCCCCCCCCCC)CC(=O)NC(CO)C(O)CCCCCCCCCCCCCCCCC. The Labute approximate surface area is 416 Å². The highest BCUT2D eigenvalue weighted by molar-refractivity contribution is 5.77. The zero-order valence-corrected chi connectivity index (χ0v) is 44.5. The molecule has 0 saturated heterocycles. The van der Waals surface area contributed by atoms with Crippen LogP contribution in [0.2, 0.25) is 0 Å². The van der Waals surface area contributed by atoms with Crippen LogP contribution in [0.4, 0.5) is 0 Å². The number of aliphatic hydroxyl groups is 2. The number of esters is 1. The number of rotatable bonds is 52. The summed E-state index contributed by atoms with van der Waals surface area (Å²) in [5.41, 5.74) is 0. The van der Waals surface area contributed by atoms with Gasteiger partial charge in [-0.3, -0.25) is 9.59 Å². The number of carbonyl (C=O) groups is 2. The van der Waals surface area contributed by atoms with Crippen LogP contribution in [-0.4, -0.2) is 46.9 Å². The van der Waals surface area contributed by atoms with Crippen molar-refractivity contribution in [3.8, 4) is 0 Å². The first kappa shape index (κ1) is 64.6. The first-order chi connectivity index (χ1) is 33.0. The van der Waals surface area contributed by atoms with Gasteiger partial charge in [0.05, 0.1) is 25.2 Å². The summed E-state index contributed by atoms with van der Waals surface area (Å²) >= 11 is 0. The van der Waals surface area contributed by atoms with E-state index in [-0.39, 0.29) is 31.3 Å². The minimum absolute atomic E-state index is 0.0500. The van der Waals surface area contributed by atoms with Crippen LogP contribution in [0.25, 0.3) is 0 Å². The third-order valence-corrected chi connectivity index (χ3v) is 13.1. The van der Waals surface area contributed by atoms with Crippen molar-refractivity contribution in [2.24, 2.45) is 0 Å². The Balaban J connectivity index is 4.64. The third-order valence-electron chi connectivity index (χ3n) is 13.1. The Morgan fingerprint density at radius 1 is 0.448 bits per heavy atom. The second-order valence-electron chi connectivity index (χ2n) is 19.7. The van der Waals surface area contributed by atoms with Crippen molar-refractivity contribution in [2.75, 3.05) is 6.61 Å². The van der Waals surface area contributed by atoms with Crippen molar-refractivity contribution < 1.29 is 24.5 Å². The van der Waals surface area contributed by atoms with E-state index in [4.69, 9.17) is 4.74 Å². The largest absolute Gasteiger partial charge is 0.462 e. The van der Waals surface area contributed by atoms with E-state index in [1.54, 1.807) is 0 Å². The van der Waals surface area contributed by atoms with Crippen molar-refractivity contribution in [3.05, 3.63) is 60.8 Å². The molecule has 390 valence electrons. The quantitative estimate of drug-likeness (QED) is 0.0321. The van der Waals surface area contributed by atoms with Crippen LogP contribution in [0.1, 0.15) is 290 Å². The molecule has 0 fully saturated rings. The molecule has 3 atom stereocenters. The fourth-order valence-corrected chi connectivity index (χ4v) is 8.78. The summed E-state index contributed by atoms with van der Waals surface area (Å²) < 4.78 is 5.92. The fourth-order valence-electron chi connectivity index (χ4n) is 8.78. The molecule has 1 amide bonds. The van der Waals surface area contributed by atoms with Crippen LogP contribution < -0.4 is 5.32 Å². The molecule has 0 aromatic rings. The summed E-state index contributed by atoms with van der Waals surface area (Å²) in [4.78, 5) is 26.2. The molecule has 0 saturated carbocycles. The number of aliphatic hydroxyl groups excluding tert-OH is 2. The van der Waals surface area contributed by atoms with Gasteiger partial charge in [0.25, 0.3) is 0 Å². The number of nitrogens with one attached hydrogen (secondary N) is 1. The second-order valence-corrected chi connectivity index (χ2v) is 19.7. The lowest BCUT2D eigenvalue weighted by Crippen LogP contribution is -2.46. The molecule has 0 bridgehead atoms. The molecule has 6 nitrogen and oxygen atoms in total. The molecular formula is C61H111NO5. The van der Waals surface area contributed by atoms with Gasteiger partial charge in [0.15, 0.2) is 0 Å². The van der Waals surface area contributed by atoms with Gasteiger partial charge in [0, 0.05) is 6.42 Å². The number of ether oxygens (including phenoxy) is 1. The summed E-state index contributed by atoms with van der Waals surface area (Å²) in [5, 5.41) is 23.9. The van der Waals surface area contributed by atoms with E-state index in [2.05, 4.69) is 80.8 Å². The van der Waals surface area contributed by atoms with Gasteiger partial charge in [-0.1, -0.05) is 281 Å². The van der Waals surface area contributed by atoms with Crippen LogP contribution in [0.5, 0.6) is 0 Å². The Hall–Kier alpha value is -2.44. The van der Waals surface area contributed by atoms with Gasteiger partial charge in [-0.05, 0) is 57.8 Å². The Morgan fingerprint density at radius 2 is 0.776 bits per heavy atom. The van der Waals surface area contributed by atoms with Crippen LogP contribution >= 0.6 is 0 Å². The number of hydrogen-bond acceptors (Lipinski definition) is 5. The Bertz CT molecular complexity index is 1190. The molecular weight excluding hydrogens is 827 g/mol. The van der Waals surface area contributed by atoms with E-state index in [1.165, 1.54) is 167 Å². The minimum atomic E-state index is -0.800. The normalized spacial score (nSPS) is 13.6. The van der Waals surface area contributed by atoms with Crippen molar-refractivity contribution in [2.45, 2.75) is 309 Å². The van der Waals surface area contributed by atoms with E-state index in [1.807, 2.05) is 6.08 Å². The number of allylic oxidation sites excluding steroid dienone is 10. The summed E-state index contributed by atoms with van der Waals surface area (Å²) in [7, 11) is 0. The lowest BCUT2D eigenvalue weighted by Gasteiger charge is -2.24. The van der Waals surface area contributed by atoms with Gasteiger partial charge in [-0.25, -0.2) is 0 Å². The predicted octanol–water partition coefficient (Wildman–Crippen LogP) is 18.0. The van der Waals surface area contributed by atoms with Crippen molar-refractivity contribution >= 4 is 11.9 Å². The van der Waals surface area contributed by atoms with E-state index in [0.717, 1.165) is 70.6 Å². The molecule has 0 heterocycles. The lowest BCUT2D eigenvalue weighted by molar-refractivity contribution is -0.150. The van der Waals surface area contributed by atoms with Crippen molar-refractivity contribution in [1.29, 1.82) is 0 Å². The molecule has 0 aliphatic carbocycles. The van der Waals surface area contributed by atoms with E-state index >= 15 is 0 Å². The zero-order chi connectivity index (χ0) is 48.8. The van der Waals surface area contributed by atoms with E-state index in [0.29, 0.717) is 19.3 Å². The Kier molecular flexibility index (Phi) is 52.5. The van der Waals surface area contributed by atoms with Crippen LogP contribution in [0.3, 0.4) is 0 Å². The summed E-state index contributed by atoms with van der Waals surface area (Å²) in [6.07, 6.45) is 68.7. The topological polar surface area (TPSA) is 95.9 Å². The predicted molar refractivity (Wildman–Crippen MR) is 292 cm³/mol. The fraction of sp³-hybridized carbons (Fsp3) is 0.803. The zero-order valence-electron chi connectivity index (χ0n) is 44.5. The van der Waals surface area contributed by atoms with E-state index < -0.39 is 18.2 Å². The molecule has 0 aliphatic heterocycles. The number of unbranched alkanes of at least 4 members (excludes halogenated alkanes) is 30. The molecule has 0 aliphatic rings. The van der Waals surface area contributed by atoms with Crippen molar-refractivity contribution in [1.82, 2.24) is 5.32 Å². The average molecular weight is 939 g/mol. The smallest absolute Gasteiger partial charge is 0.306 e. The molecule has 6 heteroatoms. The summed E-state index contributed by atoms with van der Waals surface area (Å²) in [6, 6.07) is -0.717. The van der Waals surface area contributed by atoms with Crippen LogP contribution in [0, 0.1) is 0 Å². The highest BCUT2D eigenvalue weighted by Crippen LogP contribution is 2.18. The molecule has 0 spiro atoms. The number of carbonyl (C=O) groups excluding carboxylic acids is 2. The number of amides is 1. The maximum absolute atomic E-state index is 13.3. The van der Waals surface area contributed by atoms with Crippen LogP contribution in [0.15, 0.2) is 60.8 Å². The van der Waals surface area contributed by atoms with Gasteiger partial charge in [0.2, 0.25) is 5.91 Å². The standard InChI is InChI=1S/C61H111NO5/c1-4-7-10-13-16-19-22-25-28-30-32-34-37-40-43-46-49-52-57(67-61(66)54-51-48-45-42-39-36-33-29-26-23-20-17-14-11-8-5-2)55-60(65)62-58(56-63)59(64)53-50-47-44-41-38-35-31-27-24-21-18-15-12-9-6-3/h8,11,17,20,26,29,36,39,45,48,57-59,63-64H,4-7,9-10,12-16,18-19,21-25,27-28,30-35,37-38,40-44,46-47,49-56H2,1-3H3,(H,62,65)/b11-8+,20-17+,29-26+,39-36+,48-45+. The molecule has 0 aromatic carbocycles. The van der Waals surface area contributed by atoms with E-state index in [9.17, 15) is 19.8 Å². The molecule has 67 heavy (non-hydrogen) atoms. The lowest BCUT2D eigenvalue weighted by atomic mass is 10.0. The van der Waals surface area contributed by atoms with Crippen molar-refractivity contribution in [3.63, 3.8) is 0 Å². The van der Waals surface area contributed by atoms with Crippen LogP contribution in [-0.2, 0) is 14.3 Å². The average Bonchev–Trinajstić information content (AvgIpc) is 3.32. The first-order valence-corrected chi connectivity index (χ1v) is 29.0. The molecule has 0 radical (unpaired) electrons. The monoisotopic (exact) mass is 938 g/mol. The van der Waals surface area contributed by atoms with Gasteiger partial charge < -0.3 is 20.3 Å². The van der Waals surface area contributed by atoms with Gasteiger partial charge in [-0.15, -0.1) is 0 Å². The van der Waals surface area contributed by atoms with Gasteiger partial charge in [-0.2, -0.15) is 0 Å². The Morgan fingerprint density at radius 3 is 1.13 bits per heavy atom. The second kappa shape index (κ2) is 54.5. The minimum Gasteiger partial charge on any atom is -0.462 e. The highest BCUT2D eigenvalue weighted by atomic mass is 16.5. The molecule has 3 N–H and O–H groups in total.